The van der Waals surface area contributed by atoms with Crippen molar-refractivity contribution in [3.63, 3.8) is 0 Å². The molecule has 17 nitrogen and oxygen atoms in total. The molecule has 3 aliphatic rings. The highest BCUT2D eigenvalue weighted by Gasteiger charge is 2.46. The van der Waals surface area contributed by atoms with Crippen molar-refractivity contribution in [2.24, 2.45) is 0 Å². The zero-order chi connectivity index (χ0) is 38.7. The number of fused-ring (bicyclic) bond motifs is 1. The second-order valence-electron chi connectivity index (χ2n) is 13.3. The highest BCUT2D eigenvalue weighted by molar-refractivity contribution is 6.35. The van der Waals surface area contributed by atoms with E-state index in [0.29, 0.717) is 46.5 Å². The number of aromatic nitrogens is 6. The lowest BCUT2D eigenvalue weighted by Crippen LogP contribution is -2.48. The molecule has 0 unspecified atom stereocenters. The van der Waals surface area contributed by atoms with Gasteiger partial charge in [0.25, 0.3) is 0 Å². The molecule has 292 valence electrons. The number of hydrogen-bond acceptors (Lipinski definition) is 14. The van der Waals surface area contributed by atoms with Gasteiger partial charge in [-0.15, -0.1) is 0 Å². The molecular weight excluding hydrogens is 757 g/mol. The molecule has 5 N–H and O–H groups in total. The molecular formula is C36H41Cl2N9O8. The number of amides is 1. The molecule has 6 atom stereocenters. The van der Waals surface area contributed by atoms with Crippen molar-refractivity contribution in [2.75, 3.05) is 56.6 Å². The molecule has 3 saturated heterocycles. The van der Waals surface area contributed by atoms with E-state index in [1.54, 1.807) is 31.6 Å². The molecule has 0 bridgehead atoms. The van der Waals surface area contributed by atoms with Gasteiger partial charge in [-0.1, -0.05) is 29.3 Å². The summed E-state index contributed by atoms with van der Waals surface area (Å²) in [5.74, 6) is 0.0168. The molecule has 3 aliphatic heterocycles. The Labute approximate surface area is 325 Å². The summed E-state index contributed by atoms with van der Waals surface area (Å²) >= 11 is 12.7. The number of hydrogen-bond donors (Lipinski definition) is 4. The van der Waals surface area contributed by atoms with Gasteiger partial charge in [-0.2, -0.15) is 0 Å². The van der Waals surface area contributed by atoms with E-state index in [-0.39, 0.29) is 17.8 Å². The van der Waals surface area contributed by atoms with Crippen LogP contribution in [0.5, 0.6) is 5.75 Å². The summed E-state index contributed by atoms with van der Waals surface area (Å²) < 4.78 is 27.5. The first-order chi connectivity index (χ1) is 26.5. The third-order valence-electron chi connectivity index (χ3n) is 9.69. The van der Waals surface area contributed by atoms with Gasteiger partial charge in [0.15, 0.2) is 17.7 Å². The number of carbonyl (C=O) groups is 1. The van der Waals surface area contributed by atoms with Crippen LogP contribution in [-0.4, -0.2) is 126 Å². The summed E-state index contributed by atoms with van der Waals surface area (Å²) in [6, 6.07) is 13.3. The van der Waals surface area contributed by atoms with Gasteiger partial charge in [0.05, 0.1) is 37.4 Å². The number of nitrogen functional groups attached to an aromatic ring is 1. The third kappa shape index (κ3) is 8.34. The summed E-state index contributed by atoms with van der Waals surface area (Å²) in [6.07, 6.45) is 3.56. The van der Waals surface area contributed by atoms with Crippen molar-refractivity contribution in [1.82, 2.24) is 34.0 Å². The van der Waals surface area contributed by atoms with E-state index in [1.165, 1.54) is 17.2 Å². The van der Waals surface area contributed by atoms with Gasteiger partial charge in [0.1, 0.15) is 48.6 Å². The highest BCUT2D eigenvalue weighted by atomic mass is 35.5. The number of benzene rings is 2. The number of ether oxygens (including phenoxy) is 4. The van der Waals surface area contributed by atoms with Crippen LogP contribution in [0.2, 0.25) is 10.0 Å². The zero-order valence-corrected chi connectivity index (χ0v) is 31.3. The van der Waals surface area contributed by atoms with E-state index in [9.17, 15) is 15.0 Å². The van der Waals surface area contributed by atoms with Gasteiger partial charge in [0, 0.05) is 61.8 Å². The standard InChI is InChI=1S/C26H28Cl2N4O4.C10H13N5O4/c1-19(33)31-10-12-32(13-11-31)21-3-5-22(6-4-21)34-15-23-16-35-26(36-23,17-30-9-8-29-18-30)24-7-2-20(27)14-25(24)28;11-8-5-9(13-2-12-8)15(3-14-5)10-7(18)6(17)4(1-16)19-10/h2-9,14,18,23H,10-13,15-17H2,1H3;2-4,6-7,10,16-18H,1H2,(H2,11,12,13)/t23-,26-;4-,6-,7+,10-/m01/s1. The summed E-state index contributed by atoms with van der Waals surface area (Å²) in [7, 11) is 0. The molecule has 0 radical (unpaired) electrons. The largest absolute Gasteiger partial charge is 0.491 e. The quantitative estimate of drug-likeness (QED) is 0.169. The fraction of sp³-hybridized carbons (Fsp3) is 0.417. The minimum Gasteiger partial charge on any atom is -0.491 e. The maximum atomic E-state index is 11.6. The Hall–Kier alpha value is -4.59. The van der Waals surface area contributed by atoms with Crippen LogP contribution in [0.15, 0.2) is 73.8 Å². The molecule has 8 rings (SSSR count). The average molecular weight is 799 g/mol. The number of nitrogens with two attached hydrogens (primary N) is 1. The number of halogens is 2. The number of nitrogens with zero attached hydrogens (tertiary/aromatic N) is 8. The zero-order valence-electron chi connectivity index (χ0n) is 29.8. The van der Waals surface area contributed by atoms with Crippen LogP contribution < -0.4 is 15.4 Å². The summed E-state index contributed by atoms with van der Waals surface area (Å²) in [5.41, 5.74) is 8.27. The third-order valence-corrected chi connectivity index (χ3v) is 10.2. The Morgan fingerprint density at radius 3 is 2.49 bits per heavy atom. The second-order valence-corrected chi connectivity index (χ2v) is 14.1. The lowest BCUT2D eigenvalue weighted by atomic mass is 10.1. The van der Waals surface area contributed by atoms with E-state index in [2.05, 4.69) is 24.8 Å². The first-order valence-electron chi connectivity index (χ1n) is 17.6. The molecule has 0 aliphatic carbocycles. The molecule has 19 heteroatoms. The van der Waals surface area contributed by atoms with Crippen molar-refractivity contribution < 1.29 is 39.1 Å². The summed E-state index contributed by atoms with van der Waals surface area (Å²) in [4.78, 5) is 31.7. The van der Waals surface area contributed by atoms with Crippen LogP contribution in [0.1, 0.15) is 18.7 Å². The van der Waals surface area contributed by atoms with Crippen LogP contribution in [-0.2, 0) is 31.3 Å². The van der Waals surface area contributed by atoms with Gasteiger partial charge in [-0.3, -0.25) is 9.36 Å². The maximum Gasteiger partial charge on any atom is 0.219 e. The number of imidazole rings is 2. The fourth-order valence-corrected chi connectivity index (χ4v) is 7.32. The monoisotopic (exact) mass is 797 g/mol. The maximum absolute atomic E-state index is 11.6. The Balaban J connectivity index is 0.000000205. The summed E-state index contributed by atoms with van der Waals surface area (Å²) in [6.45, 7) is 5.41. The second kappa shape index (κ2) is 16.6. The van der Waals surface area contributed by atoms with Crippen molar-refractivity contribution in [2.45, 2.75) is 49.9 Å². The Kier molecular flexibility index (Phi) is 11.7. The van der Waals surface area contributed by atoms with E-state index in [1.807, 2.05) is 46.0 Å². The van der Waals surface area contributed by atoms with E-state index in [4.69, 9.17) is 53.0 Å². The van der Waals surface area contributed by atoms with Crippen LogP contribution >= 0.6 is 23.2 Å². The van der Waals surface area contributed by atoms with Gasteiger partial charge in [-0.05, 0) is 36.4 Å². The number of piperazine rings is 1. The van der Waals surface area contributed by atoms with Gasteiger partial charge >= 0.3 is 0 Å². The minimum atomic E-state index is -1.19. The van der Waals surface area contributed by atoms with Crippen LogP contribution in [0.25, 0.3) is 11.2 Å². The molecule has 6 heterocycles. The molecule has 3 aromatic heterocycles. The van der Waals surface area contributed by atoms with Gasteiger partial charge < -0.3 is 54.4 Å². The van der Waals surface area contributed by atoms with Crippen LogP contribution in [0, 0.1) is 0 Å². The van der Waals surface area contributed by atoms with Crippen LogP contribution in [0.4, 0.5) is 11.5 Å². The highest BCUT2D eigenvalue weighted by Crippen LogP contribution is 2.41. The van der Waals surface area contributed by atoms with Gasteiger partial charge in [0.2, 0.25) is 11.7 Å². The molecule has 0 spiro atoms. The van der Waals surface area contributed by atoms with E-state index in [0.717, 1.165) is 37.6 Å². The Morgan fingerprint density at radius 1 is 1.04 bits per heavy atom. The van der Waals surface area contributed by atoms with Crippen molar-refractivity contribution >= 4 is 51.8 Å². The smallest absolute Gasteiger partial charge is 0.219 e. The van der Waals surface area contributed by atoms with Crippen LogP contribution in [0.3, 0.4) is 0 Å². The normalized spacial score (nSPS) is 25.2. The van der Waals surface area contributed by atoms with Gasteiger partial charge in [-0.25, -0.2) is 19.9 Å². The van der Waals surface area contributed by atoms with E-state index >= 15 is 0 Å². The SMILES string of the molecule is CC(=O)N1CCN(c2ccc(OC[C@H]3CO[C@](Cn4ccnc4)(c4ccc(Cl)cc4Cl)O3)cc2)CC1.Nc1ncnc2c1ncn2[C@@H]1O[C@H](CO)[C@@H](O)[C@@H]1O. The number of rotatable bonds is 9. The Bertz CT molecular complexity index is 2070. The topological polar surface area (TPSA) is 209 Å². The van der Waals surface area contributed by atoms with Crippen molar-refractivity contribution in [3.05, 3.63) is 89.4 Å². The van der Waals surface area contributed by atoms with Crippen molar-refractivity contribution in [3.8, 4) is 5.75 Å². The lowest BCUT2D eigenvalue weighted by molar-refractivity contribution is -0.189. The molecule has 0 saturated carbocycles. The first-order valence-corrected chi connectivity index (χ1v) is 18.3. The first kappa shape index (κ1) is 38.7. The molecule has 1 amide bonds. The fourth-order valence-electron chi connectivity index (χ4n) is 6.76. The molecule has 2 aromatic carbocycles. The predicted octanol–water partition coefficient (Wildman–Crippen LogP) is 2.23. The van der Waals surface area contributed by atoms with E-state index < -0.39 is 36.9 Å². The van der Waals surface area contributed by atoms with Crippen molar-refractivity contribution in [1.29, 1.82) is 0 Å². The lowest BCUT2D eigenvalue weighted by Gasteiger charge is -2.35. The number of aliphatic hydroxyl groups is 3. The predicted molar refractivity (Wildman–Crippen MR) is 200 cm³/mol. The summed E-state index contributed by atoms with van der Waals surface area (Å²) in [5, 5.41) is 29.8. The minimum absolute atomic E-state index is 0.129. The molecule has 3 fully saturated rings. The Morgan fingerprint density at radius 2 is 1.82 bits per heavy atom. The average Bonchev–Trinajstić information content (AvgIpc) is 4.00. The number of aliphatic hydroxyl groups excluding tert-OH is 3. The number of carbonyl (C=O) groups excluding carboxylic acids is 1. The molecule has 55 heavy (non-hydrogen) atoms. The number of anilines is 2. The molecule has 5 aromatic rings.